The quantitative estimate of drug-likeness (QED) is 0.519. The van der Waals surface area contributed by atoms with E-state index in [0.717, 1.165) is 22.4 Å². The number of amides is 1. The third-order valence-electron chi connectivity index (χ3n) is 4.44. The Labute approximate surface area is 173 Å². The lowest BCUT2D eigenvalue weighted by atomic mass is 10.1. The van der Waals surface area contributed by atoms with E-state index in [-0.39, 0.29) is 5.91 Å². The summed E-state index contributed by atoms with van der Waals surface area (Å²) in [5.74, 6) is 0.859. The molecule has 0 radical (unpaired) electrons. The summed E-state index contributed by atoms with van der Waals surface area (Å²) in [6.07, 6.45) is 0. The Hall–Kier alpha value is -2.79. The summed E-state index contributed by atoms with van der Waals surface area (Å²) < 4.78 is 12.1. The minimum atomic E-state index is -0.203. The molecule has 144 valence electrons. The van der Waals surface area contributed by atoms with Crippen LogP contribution in [0.15, 0.2) is 65.1 Å². The summed E-state index contributed by atoms with van der Waals surface area (Å²) in [7, 11) is 1.56. The number of rotatable bonds is 6. The molecular formula is C23H22BrNO3. The SMILES string of the molecule is COc1cc(C(=O)Nc2c(C)cccc2C)cc(Br)c1OCc1ccccc1. The van der Waals surface area contributed by atoms with Crippen LogP contribution in [0.2, 0.25) is 0 Å². The normalized spacial score (nSPS) is 10.4. The molecule has 4 nitrogen and oxygen atoms in total. The van der Waals surface area contributed by atoms with Crippen molar-refractivity contribution in [2.75, 3.05) is 12.4 Å². The molecule has 0 spiro atoms. The molecule has 3 rings (SSSR count). The second kappa shape index (κ2) is 8.93. The molecule has 0 aliphatic rings. The minimum Gasteiger partial charge on any atom is -0.493 e. The van der Waals surface area contributed by atoms with E-state index in [9.17, 15) is 4.79 Å². The van der Waals surface area contributed by atoms with Crippen molar-refractivity contribution in [3.63, 3.8) is 0 Å². The fourth-order valence-corrected chi connectivity index (χ4v) is 3.47. The molecule has 28 heavy (non-hydrogen) atoms. The van der Waals surface area contributed by atoms with Crippen LogP contribution in [0.4, 0.5) is 5.69 Å². The molecular weight excluding hydrogens is 418 g/mol. The lowest BCUT2D eigenvalue weighted by Crippen LogP contribution is -2.14. The van der Waals surface area contributed by atoms with E-state index in [4.69, 9.17) is 9.47 Å². The average Bonchev–Trinajstić information content (AvgIpc) is 2.70. The van der Waals surface area contributed by atoms with Crippen LogP contribution in [-0.4, -0.2) is 13.0 Å². The van der Waals surface area contributed by atoms with E-state index in [1.165, 1.54) is 0 Å². The number of hydrogen-bond acceptors (Lipinski definition) is 3. The fraction of sp³-hybridized carbons (Fsp3) is 0.174. The van der Waals surface area contributed by atoms with Gasteiger partial charge in [0.25, 0.3) is 5.91 Å². The highest BCUT2D eigenvalue weighted by molar-refractivity contribution is 9.10. The first-order valence-electron chi connectivity index (χ1n) is 8.91. The molecule has 0 fully saturated rings. The number of benzene rings is 3. The minimum absolute atomic E-state index is 0.203. The van der Waals surface area contributed by atoms with E-state index >= 15 is 0 Å². The number of carbonyl (C=O) groups is 1. The third kappa shape index (κ3) is 4.54. The van der Waals surface area contributed by atoms with Crippen LogP contribution in [0.5, 0.6) is 11.5 Å². The average molecular weight is 440 g/mol. The molecule has 0 saturated heterocycles. The van der Waals surface area contributed by atoms with E-state index in [2.05, 4.69) is 21.2 Å². The first-order valence-corrected chi connectivity index (χ1v) is 9.70. The van der Waals surface area contributed by atoms with Crippen LogP contribution in [0.25, 0.3) is 0 Å². The summed E-state index contributed by atoms with van der Waals surface area (Å²) >= 11 is 3.51. The predicted molar refractivity (Wildman–Crippen MR) is 115 cm³/mol. The van der Waals surface area contributed by atoms with Crippen molar-refractivity contribution >= 4 is 27.5 Å². The van der Waals surface area contributed by atoms with Crippen molar-refractivity contribution in [1.82, 2.24) is 0 Å². The number of para-hydroxylation sites is 1. The first kappa shape index (κ1) is 20.0. The molecule has 0 aliphatic carbocycles. The zero-order valence-corrected chi connectivity index (χ0v) is 17.7. The van der Waals surface area contributed by atoms with Gasteiger partial charge in [0, 0.05) is 11.3 Å². The van der Waals surface area contributed by atoms with Gasteiger partial charge in [0.05, 0.1) is 11.6 Å². The molecule has 0 unspecified atom stereocenters. The van der Waals surface area contributed by atoms with Gasteiger partial charge < -0.3 is 14.8 Å². The molecule has 3 aromatic carbocycles. The fourth-order valence-electron chi connectivity index (χ4n) is 2.92. The Morgan fingerprint density at radius 2 is 1.68 bits per heavy atom. The van der Waals surface area contributed by atoms with Gasteiger partial charge in [0.15, 0.2) is 11.5 Å². The van der Waals surface area contributed by atoms with Crippen LogP contribution >= 0.6 is 15.9 Å². The Bertz CT molecular complexity index is 966. The van der Waals surface area contributed by atoms with Gasteiger partial charge in [-0.1, -0.05) is 48.5 Å². The van der Waals surface area contributed by atoms with E-state index < -0.39 is 0 Å². The first-order chi connectivity index (χ1) is 13.5. The van der Waals surface area contributed by atoms with Crippen molar-refractivity contribution < 1.29 is 14.3 Å². The molecule has 1 amide bonds. The maximum Gasteiger partial charge on any atom is 0.255 e. The zero-order valence-electron chi connectivity index (χ0n) is 16.1. The highest BCUT2D eigenvalue weighted by atomic mass is 79.9. The lowest BCUT2D eigenvalue weighted by Gasteiger charge is -2.15. The Kier molecular flexibility index (Phi) is 6.37. The molecule has 5 heteroatoms. The second-order valence-corrected chi connectivity index (χ2v) is 7.34. The monoisotopic (exact) mass is 439 g/mol. The summed E-state index contributed by atoms with van der Waals surface area (Å²) in [6, 6.07) is 19.2. The van der Waals surface area contributed by atoms with Crippen molar-refractivity contribution in [1.29, 1.82) is 0 Å². The Morgan fingerprint density at radius 3 is 2.32 bits per heavy atom. The maximum absolute atomic E-state index is 12.8. The number of aryl methyl sites for hydroxylation is 2. The van der Waals surface area contributed by atoms with Crippen molar-refractivity contribution in [3.05, 3.63) is 87.4 Å². The number of nitrogens with one attached hydrogen (secondary N) is 1. The highest BCUT2D eigenvalue weighted by Gasteiger charge is 2.17. The number of carbonyl (C=O) groups excluding carboxylic acids is 1. The van der Waals surface area contributed by atoms with Crippen LogP contribution < -0.4 is 14.8 Å². The number of methoxy groups -OCH3 is 1. The second-order valence-electron chi connectivity index (χ2n) is 6.48. The van der Waals surface area contributed by atoms with Gasteiger partial charge in [-0.05, 0) is 58.6 Å². The van der Waals surface area contributed by atoms with Crippen LogP contribution in [-0.2, 0) is 6.61 Å². The largest absolute Gasteiger partial charge is 0.493 e. The smallest absolute Gasteiger partial charge is 0.255 e. The number of halogens is 1. The van der Waals surface area contributed by atoms with E-state index in [0.29, 0.717) is 28.1 Å². The molecule has 0 aliphatic heterocycles. The highest BCUT2D eigenvalue weighted by Crippen LogP contribution is 2.37. The van der Waals surface area contributed by atoms with Crippen LogP contribution in [0, 0.1) is 13.8 Å². The Morgan fingerprint density at radius 1 is 1.00 bits per heavy atom. The van der Waals surface area contributed by atoms with Gasteiger partial charge >= 0.3 is 0 Å². The van der Waals surface area contributed by atoms with Gasteiger partial charge in [-0.2, -0.15) is 0 Å². The molecule has 1 N–H and O–H groups in total. The lowest BCUT2D eigenvalue weighted by molar-refractivity contribution is 0.102. The van der Waals surface area contributed by atoms with Crippen LogP contribution in [0.3, 0.4) is 0 Å². The van der Waals surface area contributed by atoms with Crippen molar-refractivity contribution in [2.45, 2.75) is 20.5 Å². The summed E-state index contributed by atoms with van der Waals surface area (Å²) in [4.78, 5) is 12.8. The van der Waals surface area contributed by atoms with Gasteiger partial charge in [0.1, 0.15) is 6.61 Å². The third-order valence-corrected chi connectivity index (χ3v) is 5.03. The summed E-state index contributed by atoms with van der Waals surface area (Å²) in [5.41, 5.74) is 4.39. The predicted octanol–water partition coefficient (Wildman–Crippen LogP) is 5.91. The van der Waals surface area contributed by atoms with E-state index in [1.54, 1.807) is 19.2 Å². The van der Waals surface area contributed by atoms with Crippen molar-refractivity contribution in [3.8, 4) is 11.5 Å². The standard InChI is InChI=1S/C23H22BrNO3/c1-15-8-7-9-16(2)21(15)25-23(26)18-12-19(24)22(20(13-18)27-3)28-14-17-10-5-4-6-11-17/h4-13H,14H2,1-3H3,(H,25,26). The van der Waals surface area contributed by atoms with Gasteiger partial charge in [-0.15, -0.1) is 0 Å². The molecule has 0 heterocycles. The maximum atomic E-state index is 12.8. The number of anilines is 1. The topological polar surface area (TPSA) is 47.6 Å². The molecule has 0 saturated carbocycles. The molecule has 0 bridgehead atoms. The molecule has 3 aromatic rings. The van der Waals surface area contributed by atoms with Gasteiger partial charge in [0.2, 0.25) is 0 Å². The van der Waals surface area contributed by atoms with E-state index in [1.807, 2.05) is 62.4 Å². The summed E-state index contributed by atoms with van der Waals surface area (Å²) in [5, 5.41) is 2.99. The number of hydrogen-bond donors (Lipinski definition) is 1. The van der Waals surface area contributed by atoms with Crippen molar-refractivity contribution in [2.24, 2.45) is 0 Å². The van der Waals surface area contributed by atoms with Crippen LogP contribution in [0.1, 0.15) is 27.0 Å². The molecule has 0 aromatic heterocycles. The summed E-state index contributed by atoms with van der Waals surface area (Å²) in [6.45, 7) is 4.35. The van der Waals surface area contributed by atoms with Gasteiger partial charge in [-0.25, -0.2) is 0 Å². The van der Waals surface area contributed by atoms with Gasteiger partial charge in [-0.3, -0.25) is 4.79 Å². The molecule has 0 atom stereocenters. The Balaban J connectivity index is 1.83. The number of ether oxygens (including phenoxy) is 2. The zero-order chi connectivity index (χ0) is 20.1.